The molecule has 2 aliphatic heterocycles. The van der Waals surface area contributed by atoms with Crippen molar-refractivity contribution in [3.8, 4) is 5.75 Å². The van der Waals surface area contributed by atoms with Gasteiger partial charge >= 0.3 is 18.1 Å². The van der Waals surface area contributed by atoms with Gasteiger partial charge in [0.2, 0.25) is 5.91 Å². The summed E-state index contributed by atoms with van der Waals surface area (Å²) >= 11 is 0. The molecule has 0 radical (unpaired) electrons. The van der Waals surface area contributed by atoms with Crippen LogP contribution in [0.4, 0.5) is 15.4 Å². The summed E-state index contributed by atoms with van der Waals surface area (Å²) in [7, 11) is 0. The second kappa shape index (κ2) is 17.8. The van der Waals surface area contributed by atoms with Crippen molar-refractivity contribution in [1.29, 1.82) is 0 Å². The molecule has 4 N–H and O–H groups in total. The fraction of sp³-hybridized carbons (Fsp3) is 0.583. The number of benzene rings is 1. The fourth-order valence-corrected chi connectivity index (χ4v) is 4.74. The van der Waals surface area contributed by atoms with E-state index in [0.29, 0.717) is 31.1 Å². The Balaban J connectivity index is 1.79. The number of carbonyl (C=O) groups is 4. The number of carbonyl (C=O) groups excluding carboxylic acids is 4. The molecule has 49 heavy (non-hydrogen) atoms. The fourth-order valence-electron chi connectivity index (χ4n) is 4.74. The van der Waals surface area contributed by atoms with Crippen molar-refractivity contribution in [3.63, 3.8) is 0 Å². The van der Waals surface area contributed by atoms with Gasteiger partial charge in [-0.3, -0.25) is 10.1 Å². The third kappa shape index (κ3) is 14.7. The Kier molecular flexibility index (Phi) is 14.2. The van der Waals surface area contributed by atoms with Gasteiger partial charge in [0.15, 0.2) is 0 Å². The molecular weight excluding hydrogens is 630 g/mol. The Bertz CT molecular complexity index is 1380. The largest absolute Gasteiger partial charge is 0.494 e. The molecule has 0 fully saturated rings. The van der Waals surface area contributed by atoms with E-state index >= 15 is 0 Å². The summed E-state index contributed by atoms with van der Waals surface area (Å²) in [4.78, 5) is 56.9. The maximum atomic E-state index is 13.7. The molecule has 4 rings (SSSR count). The third-order valence-electron chi connectivity index (χ3n) is 7.26. The van der Waals surface area contributed by atoms with Crippen LogP contribution in [-0.2, 0) is 36.6 Å². The maximum absolute atomic E-state index is 13.7. The van der Waals surface area contributed by atoms with Crippen molar-refractivity contribution in [1.82, 2.24) is 20.9 Å². The normalized spacial score (nSPS) is 18.4. The average molecular weight is 684 g/mol. The van der Waals surface area contributed by atoms with Gasteiger partial charge in [0.1, 0.15) is 34.9 Å². The molecule has 13 nitrogen and oxygen atoms in total. The second-order valence-electron chi connectivity index (χ2n) is 14.5. The predicted octanol–water partition coefficient (Wildman–Crippen LogP) is 4.92. The van der Waals surface area contributed by atoms with Crippen molar-refractivity contribution in [2.45, 2.75) is 110 Å². The van der Waals surface area contributed by atoms with Gasteiger partial charge in [0.25, 0.3) is 0 Å². The molecule has 2 aliphatic rings. The van der Waals surface area contributed by atoms with Crippen LogP contribution in [0.5, 0.6) is 5.75 Å². The number of esters is 1. The molecule has 1 aromatic carbocycles. The highest BCUT2D eigenvalue weighted by Gasteiger charge is 2.30. The molecule has 0 spiro atoms. The lowest BCUT2D eigenvalue weighted by Gasteiger charge is -2.27. The van der Waals surface area contributed by atoms with Gasteiger partial charge in [-0.1, -0.05) is 32.0 Å². The number of nitrogens with one attached hydrogen (secondary N) is 4. The van der Waals surface area contributed by atoms with Crippen molar-refractivity contribution in [2.24, 2.45) is 5.92 Å². The number of nitrogens with zero attached hydrogens (tertiary/aromatic N) is 1. The minimum absolute atomic E-state index is 0.0349. The van der Waals surface area contributed by atoms with Crippen molar-refractivity contribution in [2.75, 3.05) is 25.1 Å². The van der Waals surface area contributed by atoms with Crippen LogP contribution in [0.3, 0.4) is 0 Å². The Morgan fingerprint density at radius 2 is 1.63 bits per heavy atom. The highest BCUT2D eigenvalue weighted by atomic mass is 16.6. The van der Waals surface area contributed by atoms with Crippen molar-refractivity contribution < 1.29 is 38.1 Å². The number of urea groups is 1. The molecule has 1 aromatic heterocycles. The topological polar surface area (TPSA) is 166 Å². The summed E-state index contributed by atoms with van der Waals surface area (Å²) in [6, 6.07) is 7.56. The highest BCUT2D eigenvalue weighted by molar-refractivity contribution is 5.89. The number of pyridine rings is 1. The lowest BCUT2D eigenvalue weighted by Crippen LogP contribution is -2.57. The van der Waals surface area contributed by atoms with Gasteiger partial charge in [-0.2, -0.15) is 0 Å². The van der Waals surface area contributed by atoms with Crippen molar-refractivity contribution >= 4 is 29.8 Å². The predicted molar refractivity (Wildman–Crippen MR) is 185 cm³/mol. The number of hydrogen-bond donors (Lipinski definition) is 4. The van der Waals surface area contributed by atoms with E-state index in [4.69, 9.17) is 18.9 Å². The number of amides is 4. The highest BCUT2D eigenvalue weighted by Crippen LogP contribution is 2.17. The zero-order valence-corrected chi connectivity index (χ0v) is 30.0. The summed E-state index contributed by atoms with van der Waals surface area (Å²) < 4.78 is 22.6. The third-order valence-corrected chi connectivity index (χ3v) is 7.26. The van der Waals surface area contributed by atoms with Gasteiger partial charge in [-0.05, 0) is 89.6 Å². The van der Waals surface area contributed by atoms with Crippen LogP contribution in [0.2, 0.25) is 0 Å². The molecule has 270 valence electrons. The first-order valence-electron chi connectivity index (χ1n) is 16.8. The number of ether oxygens (including phenoxy) is 4. The molecule has 13 heteroatoms. The molecule has 0 unspecified atom stereocenters. The molecular formula is C36H53N5O8. The van der Waals surface area contributed by atoms with Gasteiger partial charge in [0.05, 0.1) is 19.3 Å². The first kappa shape index (κ1) is 39.1. The van der Waals surface area contributed by atoms with Crippen LogP contribution in [0.15, 0.2) is 42.6 Å². The van der Waals surface area contributed by atoms with E-state index < -0.39 is 41.4 Å². The first-order chi connectivity index (χ1) is 23.0. The van der Waals surface area contributed by atoms with Crippen molar-refractivity contribution in [3.05, 3.63) is 53.7 Å². The van der Waals surface area contributed by atoms with Gasteiger partial charge < -0.3 is 34.9 Å². The number of aromatic nitrogens is 1. The van der Waals surface area contributed by atoms with Crippen LogP contribution in [0.1, 0.15) is 79.4 Å². The summed E-state index contributed by atoms with van der Waals surface area (Å²) in [6.07, 6.45) is 2.73. The SMILES string of the molecule is CC(C)[C@H]1COCCCCOc2ccc(cc2)C[C@@H](NC(=O)N[C@@H](Cc2ccc(NC(=O)OC(C)(C)C)nc2)C(=O)OC(C)(C)C)C(=O)N1. The Morgan fingerprint density at radius 1 is 0.959 bits per heavy atom. The number of fused-ring (bicyclic) bond motifs is 13. The molecule has 3 heterocycles. The lowest BCUT2D eigenvalue weighted by atomic mass is 10.0. The summed E-state index contributed by atoms with van der Waals surface area (Å²) in [5.41, 5.74) is -0.0887. The Morgan fingerprint density at radius 3 is 2.24 bits per heavy atom. The summed E-state index contributed by atoms with van der Waals surface area (Å²) in [6.45, 7) is 15.9. The van der Waals surface area contributed by atoms with E-state index in [-0.39, 0.29) is 36.5 Å². The lowest BCUT2D eigenvalue weighted by molar-refractivity contribution is -0.157. The molecule has 2 aromatic rings. The van der Waals surface area contributed by atoms with E-state index in [1.807, 2.05) is 38.1 Å². The quantitative estimate of drug-likeness (QED) is 0.296. The number of hydrogen-bond acceptors (Lipinski definition) is 9. The minimum Gasteiger partial charge on any atom is -0.494 e. The van der Waals surface area contributed by atoms with Crippen LogP contribution >= 0.6 is 0 Å². The average Bonchev–Trinajstić information content (AvgIpc) is 2.98. The van der Waals surface area contributed by atoms with E-state index in [0.717, 1.165) is 18.4 Å². The maximum Gasteiger partial charge on any atom is 0.413 e. The zero-order chi connectivity index (χ0) is 36.2. The molecule has 2 bridgehead atoms. The van der Waals surface area contributed by atoms with Gasteiger partial charge in [-0.25, -0.2) is 19.4 Å². The standard InChI is InChI=1S/C36H53N5O8/c1-23(2)29-22-46-17-9-10-18-47-26-14-11-24(12-15-26)19-27(31(42)38-29)39-33(44)40-28(32(43)48-35(3,4)5)20-25-13-16-30(37-21-25)41-34(45)49-36(6,7)8/h11-16,21,23,27-29H,9-10,17-20,22H2,1-8H3,(H,38,42)(H,37,41,45)(H2,39,40,44)/t27-,28+,29-/m1/s1. The zero-order valence-electron chi connectivity index (χ0n) is 30.0. The second-order valence-corrected chi connectivity index (χ2v) is 14.5. The molecule has 3 atom stereocenters. The van der Waals surface area contributed by atoms with Crippen LogP contribution in [0.25, 0.3) is 0 Å². The van der Waals surface area contributed by atoms with E-state index in [9.17, 15) is 19.2 Å². The summed E-state index contributed by atoms with van der Waals surface area (Å²) in [5, 5.41) is 11.1. The van der Waals surface area contributed by atoms with Crippen LogP contribution in [0, 0.1) is 5.92 Å². The molecule has 4 amide bonds. The Hall–Kier alpha value is -4.39. The van der Waals surface area contributed by atoms with Crippen LogP contribution < -0.4 is 26.0 Å². The number of rotatable bonds is 7. The van der Waals surface area contributed by atoms with Gasteiger partial charge in [-0.15, -0.1) is 0 Å². The Labute approximate surface area is 289 Å². The summed E-state index contributed by atoms with van der Waals surface area (Å²) in [5.74, 6) is 0.0142. The minimum atomic E-state index is -1.12. The first-order valence-corrected chi connectivity index (χ1v) is 16.8. The molecule has 0 saturated heterocycles. The monoisotopic (exact) mass is 683 g/mol. The smallest absolute Gasteiger partial charge is 0.413 e. The molecule has 0 aliphatic carbocycles. The number of anilines is 1. The molecule has 0 saturated carbocycles. The van der Waals surface area contributed by atoms with E-state index in [2.05, 4.69) is 26.3 Å². The van der Waals surface area contributed by atoms with Crippen LogP contribution in [-0.4, -0.2) is 78.1 Å². The van der Waals surface area contributed by atoms with E-state index in [1.165, 1.54) is 6.20 Å². The van der Waals surface area contributed by atoms with E-state index in [1.54, 1.807) is 53.7 Å². The van der Waals surface area contributed by atoms with Gasteiger partial charge in [0, 0.05) is 25.6 Å².